The van der Waals surface area contributed by atoms with Crippen LogP contribution in [0.2, 0.25) is 0 Å². The first kappa shape index (κ1) is 18.7. The van der Waals surface area contributed by atoms with Gasteiger partial charge in [-0.25, -0.2) is 4.39 Å². The van der Waals surface area contributed by atoms with E-state index in [0.29, 0.717) is 12.4 Å². The Bertz CT molecular complexity index is 896. The van der Waals surface area contributed by atoms with Gasteiger partial charge in [-0.1, -0.05) is 42.5 Å². The molecule has 0 saturated carbocycles. The summed E-state index contributed by atoms with van der Waals surface area (Å²) in [6, 6.07) is 15.7. The predicted molar refractivity (Wildman–Crippen MR) is 99.1 cm³/mol. The van der Waals surface area contributed by atoms with Crippen LogP contribution in [-0.2, 0) is 11.3 Å². The molecule has 27 heavy (non-hydrogen) atoms. The van der Waals surface area contributed by atoms with Crippen LogP contribution < -0.4 is 5.32 Å². The van der Waals surface area contributed by atoms with Gasteiger partial charge in [-0.05, 0) is 37.0 Å². The van der Waals surface area contributed by atoms with Crippen molar-refractivity contribution in [3.63, 3.8) is 0 Å². The molecule has 0 radical (unpaired) electrons. The number of halogens is 1. The van der Waals surface area contributed by atoms with Gasteiger partial charge >= 0.3 is 0 Å². The first-order valence-electron chi connectivity index (χ1n) is 8.55. The molecule has 8 heteroatoms. The van der Waals surface area contributed by atoms with Gasteiger partial charge in [0.25, 0.3) is 0 Å². The zero-order valence-corrected chi connectivity index (χ0v) is 15.2. The zero-order valence-electron chi connectivity index (χ0n) is 15.2. The molecule has 1 aromatic heterocycles. The van der Waals surface area contributed by atoms with Crippen LogP contribution in [-0.4, -0.2) is 51.7 Å². The molecule has 0 aliphatic rings. The first-order valence-corrected chi connectivity index (χ1v) is 8.55. The first-order chi connectivity index (χ1) is 13.0. The molecular formula is C19H21FN6O. The number of nitrogens with one attached hydrogen (secondary N) is 1. The molecule has 2 aromatic carbocycles. The molecule has 0 fully saturated rings. The van der Waals surface area contributed by atoms with E-state index in [4.69, 9.17) is 0 Å². The van der Waals surface area contributed by atoms with E-state index in [9.17, 15) is 9.18 Å². The summed E-state index contributed by atoms with van der Waals surface area (Å²) < 4.78 is 13.5. The van der Waals surface area contributed by atoms with Gasteiger partial charge in [0, 0.05) is 12.1 Å². The van der Waals surface area contributed by atoms with Gasteiger partial charge in [0.15, 0.2) is 0 Å². The van der Waals surface area contributed by atoms with Gasteiger partial charge in [0.1, 0.15) is 12.4 Å². The highest BCUT2D eigenvalue weighted by Gasteiger charge is 2.16. The average Bonchev–Trinajstić information content (AvgIpc) is 3.11. The van der Waals surface area contributed by atoms with Gasteiger partial charge in [-0.15, -0.1) is 10.2 Å². The summed E-state index contributed by atoms with van der Waals surface area (Å²) in [6.45, 7) is 0.304. The highest BCUT2D eigenvalue weighted by molar-refractivity contribution is 5.75. The van der Waals surface area contributed by atoms with Gasteiger partial charge in [-0.2, -0.15) is 4.80 Å². The lowest BCUT2D eigenvalue weighted by Crippen LogP contribution is -2.36. The lowest BCUT2D eigenvalue weighted by molar-refractivity contribution is -0.122. The van der Waals surface area contributed by atoms with Crippen molar-refractivity contribution in [1.82, 2.24) is 30.4 Å². The molecule has 1 N–H and O–H groups in total. The minimum atomic E-state index is -0.300. The van der Waals surface area contributed by atoms with Crippen LogP contribution in [0.25, 0.3) is 11.4 Å². The molecule has 0 aliphatic carbocycles. The van der Waals surface area contributed by atoms with Crippen molar-refractivity contribution in [3.05, 3.63) is 66.0 Å². The molecule has 0 saturated heterocycles. The number of likely N-dealkylation sites (N-methyl/N-ethyl adjacent to an activating group) is 1. The molecule has 1 atom stereocenters. The van der Waals surface area contributed by atoms with Crippen LogP contribution in [0, 0.1) is 5.82 Å². The normalized spacial score (nSPS) is 12.1. The van der Waals surface area contributed by atoms with E-state index in [1.807, 2.05) is 55.4 Å². The second-order valence-electron chi connectivity index (χ2n) is 6.35. The monoisotopic (exact) mass is 368 g/mol. The third kappa shape index (κ3) is 4.95. The lowest BCUT2D eigenvalue weighted by Gasteiger charge is -2.25. The Labute approximate surface area is 156 Å². The fraction of sp³-hybridized carbons (Fsp3) is 0.263. The average molecular weight is 368 g/mol. The standard InChI is InChI=1S/C19H21FN6O/c1-25(2)17(15-9-6-10-16(20)11-15)12-21-18(27)13-26-23-19(22-24-26)14-7-4-3-5-8-14/h3-11,17H,12-13H2,1-2H3,(H,21,27). The summed E-state index contributed by atoms with van der Waals surface area (Å²) in [5.41, 5.74) is 1.63. The minimum Gasteiger partial charge on any atom is -0.353 e. The maximum absolute atomic E-state index is 13.5. The van der Waals surface area contributed by atoms with E-state index in [2.05, 4.69) is 20.7 Å². The van der Waals surface area contributed by atoms with E-state index in [1.54, 1.807) is 6.07 Å². The summed E-state index contributed by atoms with van der Waals surface area (Å²) in [4.78, 5) is 15.4. The molecule has 3 aromatic rings. The van der Waals surface area contributed by atoms with Gasteiger partial charge in [-0.3, -0.25) is 4.79 Å². The van der Waals surface area contributed by atoms with Crippen molar-refractivity contribution < 1.29 is 9.18 Å². The van der Waals surface area contributed by atoms with Crippen LogP contribution >= 0.6 is 0 Å². The molecule has 1 heterocycles. The summed E-state index contributed by atoms with van der Waals surface area (Å²) >= 11 is 0. The number of nitrogens with zero attached hydrogens (tertiary/aromatic N) is 5. The molecule has 7 nitrogen and oxygen atoms in total. The molecular weight excluding hydrogens is 347 g/mol. The molecule has 140 valence electrons. The minimum absolute atomic E-state index is 0.0386. The highest BCUT2D eigenvalue weighted by Crippen LogP contribution is 2.18. The predicted octanol–water partition coefficient (Wildman–Crippen LogP) is 1.90. The third-order valence-corrected chi connectivity index (χ3v) is 4.12. The van der Waals surface area contributed by atoms with Crippen molar-refractivity contribution in [2.24, 2.45) is 0 Å². The Kier molecular flexibility index (Phi) is 5.87. The number of hydrogen-bond donors (Lipinski definition) is 1. The fourth-order valence-electron chi connectivity index (χ4n) is 2.72. The van der Waals surface area contributed by atoms with Crippen LogP contribution in [0.3, 0.4) is 0 Å². The summed E-state index contributed by atoms with van der Waals surface area (Å²) in [5, 5.41) is 15.0. The van der Waals surface area contributed by atoms with E-state index in [0.717, 1.165) is 11.1 Å². The van der Waals surface area contributed by atoms with Gasteiger partial charge in [0.2, 0.25) is 11.7 Å². The second kappa shape index (κ2) is 8.50. The fourth-order valence-corrected chi connectivity index (χ4v) is 2.72. The van der Waals surface area contributed by atoms with Crippen LogP contribution in [0.4, 0.5) is 4.39 Å². The lowest BCUT2D eigenvalue weighted by atomic mass is 10.1. The molecule has 3 rings (SSSR count). The number of rotatable bonds is 7. The van der Waals surface area contributed by atoms with Crippen molar-refractivity contribution in [2.75, 3.05) is 20.6 Å². The SMILES string of the molecule is CN(C)C(CNC(=O)Cn1nnc(-c2ccccc2)n1)c1cccc(F)c1. The second-order valence-corrected chi connectivity index (χ2v) is 6.35. The largest absolute Gasteiger partial charge is 0.353 e. The molecule has 0 bridgehead atoms. The van der Waals surface area contributed by atoms with Gasteiger partial charge in [0.05, 0.1) is 6.04 Å². The number of carbonyl (C=O) groups excluding carboxylic acids is 1. The zero-order chi connectivity index (χ0) is 19.2. The quantitative estimate of drug-likeness (QED) is 0.689. The van der Waals surface area contributed by atoms with Gasteiger partial charge < -0.3 is 10.2 Å². The van der Waals surface area contributed by atoms with Crippen LogP contribution in [0.15, 0.2) is 54.6 Å². The molecule has 1 amide bonds. The maximum Gasteiger partial charge on any atom is 0.243 e. The van der Waals surface area contributed by atoms with Crippen molar-refractivity contribution in [1.29, 1.82) is 0 Å². The van der Waals surface area contributed by atoms with E-state index < -0.39 is 0 Å². The van der Waals surface area contributed by atoms with E-state index in [-0.39, 0.29) is 24.3 Å². The summed E-state index contributed by atoms with van der Waals surface area (Å²) in [7, 11) is 3.76. The Balaban J connectivity index is 1.59. The highest BCUT2D eigenvalue weighted by atomic mass is 19.1. The Hall–Kier alpha value is -3.13. The number of amides is 1. The Morgan fingerprint density at radius 1 is 1.19 bits per heavy atom. The summed E-state index contributed by atoms with van der Waals surface area (Å²) in [5.74, 6) is -0.0736. The maximum atomic E-state index is 13.5. The van der Waals surface area contributed by atoms with Crippen molar-refractivity contribution >= 4 is 5.91 Å². The van der Waals surface area contributed by atoms with Crippen LogP contribution in [0.1, 0.15) is 11.6 Å². The number of carbonyl (C=O) groups is 1. The molecule has 0 spiro atoms. The van der Waals surface area contributed by atoms with E-state index >= 15 is 0 Å². The smallest absolute Gasteiger partial charge is 0.243 e. The topological polar surface area (TPSA) is 75.9 Å². The number of aromatic nitrogens is 4. The number of benzene rings is 2. The van der Waals surface area contributed by atoms with Crippen molar-refractivity contribution in [3.8, 4) is 11.4 Å². The van der Waals surface area contributed by atoms with Crippen LogP contribution in [0.5, 0.6) is 0 Å². The Morgan fingerprint density at radius 2 is 1.96 bits per heavy atom. The number of hydrogen-bond acceptors (Lipinski definition) is 5. The third-order valence-electron chi connectivity index (χ3n) is 4.12. The Morgan fingerprint density at radius 3 is 2.67 bits per heavy atom. The molecule has 1 unspecified atom stereocenters. The van der Waals surface area contributed by atoms with Crippen molar-refractivity contribution in [2.45, 2.75) is 12.6 Å². The summed E-state index contributed by atoms with van der Waals surface area (Å²) in [6.07, 6.45) is 0. The molecule has 0 aliphatic heterocycles. The number of tetrazole rings is 1. The van der Waals surface area contributed by atoms with E-state index in [1.165, 1.54) is 16.9 Å².